The summed E-state index contributed by atoms with van der Waals surface area (Å²) in [5.74, 6) is -0.818. The van der Waals surface area contributed by atoms with Crippen molar-refractivity contribution >= 4 is 64.1 Å². The van der Waals surface area contributed by atoms with Crippen LogP contribution in [0.4, 0.5) is 5.69 Å². The van der Waals surface area contributed by atoms with E-state index in [-0.39, 0.29) is 16.5 Å². The van der Waals surface area contributed by atoms with E-state index < -0.39 is 11.2 Å². The van der Waals surface area contributed by atoms with Crippen molar-refractivity contribution in [3.8, 4) is 6.07 Å². The molecule has 0 saturated carbocycles. The zero-order valence-corrected chi connectivity index (χ0v) is 18.2. The van der Waals surface area contributed by atoms with Crippen molar-refractivity contribution in [3.05, 3.63) is 73.7 Å². The molecule has 148 valence electrons. The fourth-order valence-electron chi connectivity index (χ4n) is 2.82. The van der Waals surface area contributed by atoms with Gasteiger partial charge in [-0.25, -0.2) is 0 Å². The van der Waals surface area contributed by atoms with Gasteiger partial charge in [-0.3, -0.25) is 14.5 Å². The van der Waals surface area contributed by atoms with E-state index in [0.717, 1.165) is 17.3 Å². The Kier molecular flexibility index (Phi) is 6.76. The van der Waals surface area contributed by atoms with E-state index in [0.29, 0.717) is 27.2 Å². The van der Waals surface area contributed by atoms with Crippen LogP contribution in [0.25, 0.3) is 0 Å². The monoisotopic (exact) mass is 465 g/mol. The topological polar surface area (TPSA) is 73.2 Å². The van der Waals surface area contributed by atoms with Crippen molar-refractivity contribution in [3.63, 3.8) is 0 Å². The van der Waals surface area contributed by atoms with Crippen LogP contribution < -0.4 is 10.2 Å². The summed E-state index contributed by atoms with van der Waals surface area (Å²) < 4.78 is 0. The summed E-state index contributed by atoms with van der Waals surface area (Å²) in [6, 6.07) is 13.6. The summed E-state index contributed by atoms with van der Waals surface area (Å²) in [5, 5.41) is 13.2. The van der Waals surface area contributed by atoms with Crippen molar-refractivity contribution in [2.45, 2.75) is 11.7 Å². The molecule has 1 heterocycles. The van der Waals surface area contributed by atoms with Gasteiger partial charge < -0.3 is 5.32 Å². The number of anilines is 1. The number of nitrogens with zero attached hydrogens (tertiary/aromatic N) is 2. The molecule has 2 aromatic rings. The fraction of sp³-hybridized carbons (Fsp3) is 0.150. The average Bonchev–Trinajstić information content (AvgIpc) is 3.01. The minimum Gasteiger partial charge on any atom is -0.354 e. The molecule has 1 atom stereocenters. The first-order chi connectivity index (χ1) is 13.8. The highest BCUT2D eigenvalue weighted by molar-refractivity contribution is 8.05. The maximum absolute atomic E-state index is 13.2. The fourth-order valence-corrected chi connectivity index (χ4v) is 4.73. The van der Waals surface area contributed by atoms with E-state index in [2.05, 4.69) is 5.32 Å². The van der Waals surface area contributed by atoms with E-state index in [4.69, 9.17) is 34.8 Å². The van der Waals surface area contributed by atoms with Crippen LogP contribution in [-0.4, -0.2) is 24.1 Å². The first-order valence-corrected chi connectivity index (χ1v) is 10.4. The zero-order chi connectivity index (χ0) is 21.1. The van der Waals surface area contributed by atoms with Crippen LogP contribution in [-0.2, 0) is 16.0 Å². The summed E-state index contributed by atoms with van der Waals surface area (Å²) in [6.07, 6.45) is 0.319. The Bertz CT molecular complexity index is 1050. The Morgan fingerprint density at radius 1 is 1.17 bits per heavy atom. The lowest BCUT2D eigenvalue weighted by molar-refractivity contribution is -0.117. The third-order valence-corrected chi connectivity index (χ3v) is 6.34. The quantitative estimate of drug-likeness (QED) is 0.518. The lowest BCUT2D eigenvalue weighted by Crippen LogP contribution is -2.31. The van der Waals surface area contributed by atoms with E-state index >= 15 is 0 Å². The molecule has 0 aromatic heterocycles. The van der Waals surface area contributed by atoms with E-state index in [1.54, 1.807) is 42.5 Å². The minimum absolute atomic E-state index is 0.134. The first-order valence-electron chi connectivity index (χ1n) is 8.42. The van der Waals surface area contributed by atoms with Crippen LogP contribution in [0, 0.1) is 11.3 Å². The average molecular weight is 467 g/mol. The molecule has 1 fully saturated rings. The molecule has 1 saturated heterocycles. The molecule has 29 heavy (non-hydrogen) atoms. The van der Waals surface area contributed by atoms with Crippen molar-refractivity contribution in [1.82, 2.24) is 5.32 Å². The Morgan fingerprint density at radius 3 is 2.41 bits per heavy atom. The van der Waals surface area contributed by atoms with Gasteiger partial charge in [0.05, 0.1) is 5.25 Å². The molecule has 0 unspecified atom stereocenters. The Hall–Kier alpha value is -2.17. The number of amides is 2. The molecule has 9 heteroatoms. The molecule has 1 N–H and O–H groups in total. The van der Waals surface area contributed by atoms with Crippen LogP contribution in [0.15, 0.2) is 53.1 Å². The SMILES string of the molecule is CNC(=O)/C(C#N)=C1\S[C@H](Cc2ccc(Cl)cc2Cl)C(=O)N1c1ccc(Cl)cc1. The minimum atomic E-state index is -0.563. The third kappa shape index (κ3) is 4.54. The van der Waals surface area contributed by atoms with Gasteiger partial charge in [0.25, 0.3) is 5.91 Å². The molecular weight excluding hydrogens is 453 g/mol. The lowest BCUT2D eigenvalue weighted by Gasteiger charge is -2.18. The summed E-state index contributed by atoms with van der Waals surface area (Å²) in [6.45, 7) is 0. The normalized spacial score (nSPS) is 17.8. The summed E-state index contributed by atoms with van der Waals surface area (Å²) in [7, 11) is 1.43. The highest BCUT2D eigenvalue weighted by Crippen LogP contribution is 2.42. The van der Waals surface area contributed by atoms with Crippen LogP contribution >= 0.6 is 46.6 Å². The lowest BCUT2D eigenvalue weighted by atomic mass is 10.1. The van der Waals surface area contributed by atoms with Crippen molar-refractivity contribution in [2.24, 2.45) is 0 Å². The van der Waals surface area contributed by atoms with E-state index in [1.165, 1.54) is 11.9 Å². The molecule has 0 aliphatic carbocycles. The smallest absolute Gasteiger partial charge is 0.264 e. The molecule has 0 radical (unpaired) electrons. The predicted molar refractivity (Wildman–Crippen MR) is 117 cm³/mol. The highest BCUT2D eigenvalue weighted by Gasteiger charge is 2.40. The predicted octanol–water partition coefficient (Wildman–Crippen LogP) is 4.82. The van der Waals surface area contributed by atoms with Crippen LogP contribution in [0.5, 0.6) is 0 Å². The Labute approximate surface area is 187 Å². The maximum Gasteiger partial charge on any atom is 0.264 e. The maximum atomic E-state index is 13.2. The molecular formula is C20H14Cl3N3O2S. The molecule has 0 spiro atoms. The molecule has 2 amide bonds. The van der Waals surface area contributed by atoms with Gasteiger partial charge in [0.2, 0.25) is 5.91 Å². The number of nitrogens with one attached hydrogen (secondary N) is 1. The summed E-state index contributed by atoms with van der Waals surface area (Å²) in [5.41, 5.74) is 1.13. The highest BCUT2D eigenvalue weighted by atomic mass is 35.5. The molecule has 0 bridgehead atoms. The van der Waals surface area contributed by atoms with Gasteiger partial charge in [-0.2, -0.15) is 5.26 Å². The number of likely N-dealkylation sites (N-methyl/N-ethyl adjacent to an activating group) is 1. The number of hydrogen-bond acceptors (Lipinski definition) is 4. The number of carbonyl (C=O) groups is 2. The molecule has 1 aliphatic rings. The number of thioether (sulfide) groups is 1. The van der Waals surface area contributed by atoms with E-state index in [1.807, 2.05) is 6.07 Å². The molecule has 1 aliphatic heterocycles. The molecule has 3 rings (SSSR count). The summed E-state index contributed by atoms with van der Waals surface area (Å²) >= 11 is 19.3. The van der Waals surface area contributed by atoms with Gasteiger partial charge in [-0.1, -0.05) is 52.6 Å². The number of halogens is 3. The van der Waals surface area contributed by atoms with Gasteiger partial charge in [-0.15, -0.1) is 0 Å². The van der Waals surface area contributed by atoms with Gasteiger partial charge in [0, 0.05) is 27.8 Å². The third-order valence-electron chi connectivity index (χ3n) is 4.24. The van der Waals surface area contributed by atoms with Gasteiger partial charge in [0.1, 0.15) is 16.7 Å². The number of hydrogen-bond donors (Lipinski definition) is 1. The van der Waals surface area contributed by atoms with Crippen LogP contribution in [0.1, 0.15) is 5.56 Å². The number of carbonyl (C=O) groups excluding carboxylic acids is 2. The second-order valence-electron chi connectivity index (χ2n) is 6.07. The molecule has 5 nitrogen and oxygen atoms in total. The number of benzene rings is 2. The Balaban J connectivity index is 2.05. The second kappa shape index (κ2) is 9.10. The van der Waals surface area contributed by atoms with E-state index in [9.17, 15) is 14.9 Å². The molecule has 2 aromatic carbocycles. The van der Waals surface area contributed by atoms with Crippen molar-refractivity contribution in [2.75, 3.05) is 11.9 Å². The van der Waals surface area contributed by atoms with Crippen LogP contribution in [0.3, 0.4) is 0 Å². The first kappa shape index (κ1) is 21.5. The van der Waals surface area contributed by atoms with Gasteiger partial charge >= 0.3 is 0 Å². The summed E-state index contributed by atoms with van der Waals surface area (Å²) in [4.78, 5) is 26.8. The number of nitriles is 1. The number of rotatable bonds is 4. The largest absolute Gasteiger partial charge is 0.354 e. The van der Waals surface area contributed by atoms with Crippen molar-refractivity contribution < 1.29 is 9.59 Å². The van der Waals surface area contributed by atoms with Crippen molar-refractivity contribution in [1.29, 1.82) is 5.26 Å². The second-order valence-corrected chi connectivity index (χ2v) is 8.54. The zero-order valence-electron chi connectivity index (χ0n) is 15.1. The Morgan fingerprint density at radius 2 is 1.83 bits per heavy atom. The van der Waals surface area contributed by atoms with Gasteiger partial charge in [-0.05, 0) is 48.4 Å². The van der Waals surface area contributed by atoms with Gasteiger partial charge in [0.15, 0.2) is 0 Å². The standard InChI is InChI=1S/C20H14Cl3N3O2S/c1-25-18(27)15(10-24)20-26(14-6-4-12(21)5-7-14)19(28)17(29-20)8-11-2-3-13(22)9-16(11)23/h2-7,9,17H,8H2,1H3,(H,25,27)/b20-15-/t17-/m1/s1. The van der Waals surface area contributed by atoms with Crippen LogP contribution in [0.2, 0.25) is 15.1 Å².